The second kappa shape index (κ2) is 3.85. The Morgan fingerprint density at radius 1 is 1.71 bits per heavy atom. The molecule has 0 amide bonds. The van der Waals surface area contributed by atoms with Crippen molar-refractivity contribution >= 4 is 0 Å². The highest BCUT2D eigenvalue weighted by atomic mass is 16.6. The monoisotopic (exact) mass is 192 g/mol. The van der Waals surface area contributed by atoms with Crippen LogP contribution in [-0.4, -0.2) is 24.2 Å². The van der Waals surface area contributed by atoms with E-state index >= 15 is 0 Å². The van der Waals surface area contributed by atoms with Crippen LogP contribution in [0.25, 0.3) is 10.4 Å². The summed E-state index contributed by atoms with van der Waals surface area (Å²) in [6.45, 7) is 0.643. The highest BCUT2D eigenvalue weighted by Crippen LogP contribution is 2.28. The maximum atomic E-state index is 8.14. The molecule has 0 saturated carbocycles. The van der Waals surface area contributed by atoms with Crippen LogP contribution in [-0.2, 0) is 0 Å². The summed E-state index contributed by atoms with van der Waals surface area (Å²) in [6.07, 6.45) is 1.38. The van der Waals surface area contributed by atoms with Crippen LogP contribution in [0.1, 0.15) is 0 Å². The summed E-state index contributed by atoms with van der Waals surface area (Å²) >= 11 is 0. The van der Waals surface area contributed by atoms with Crippen molar-refractivity contribution in [2.24, 2.45) is 5.11 Å². The Bertz CT molecular complexity index is 375. The Labute approximate surface area is 80.1 Å². The quantitative estimate of drug-likeness (QED) is 0.405. The zero-order valence-corrected chi connectivity index (χ0v) is 7.33. The molecule has 1 aromatic rings. The Hall–Kier alpha value is -1.94. The number of pyridine rings is 1. The standard InChI is InChI=1S/C8H8N4O2/c9-12-11-4-6-5-13-7-2-1-3-10-8(7)14-6/h1-3,6H,4-5H2/t6-/m0/s1. The summed E-state index contributed by atoms with van der Waals surface area (Å²) in [7, 11) is 0. The molecule has 6 nitrogen and oxygen atoms in total. The smallest absolute Gasteiger partial charge is 0.257 e. The molecular formula is C8H8N4O2. The Balaban J connectivity index is 2.09. The molecule has 72 valence electrons. The van der Waals surface area contributed by atoms with Crippen molar-refractivity contribution in [1.29, 1.82) is 0 Å². The molecule has 0 N–H and O–H groups in total. The molecule has 1 aliphatic heterocycles. The van der Waals surface area contributed by atoms with Crippen molar-refractivity contribution < 1.29 is 9.47 Å². The van der Waals surface area contributed by atoms with Crippen molar-refractivity contribution in [2.45, 2.75) is 6.10 Å². The molecule has 0 aromatic carbocycles. The second-order valence-electron chi connectivity index (χ2n) is 2.77. The number of aromatic nitrogens is 1. The highest BCUT2D eigenvalue weighted by molar-refractivity contribution is 5.33. The predicted molar refractivity (Wildman–Crippen MR) is 48.2 cm³/mol. The molecule has 0 bridgehead atoms. The van der Waals surface area contributed by atoms with Gasteiger partial charge in [-0.15, -0.1) is 0 Å². The molecular weight excluding hydrogens is 184 g/mol. The lowest BCUT2D eigenvalue weighted by molar-refractivity contribution is 0.0908. The van der Waals surface area contributed by atoms with Crippen molar-refractivity contribution in [3.05, 3.63) is 28.8 Å². The van der Waals surface area contributed by atoms with Crippen LogP contribution in [0.2, 0.25) is 0 Å². The van der Waals surface area contributed by atoms with Crippen molar-refractivity contribution in [1.82, 2.24) is 4.98 Å². The van der Waals surface area contributed by atoms with E-state index in [4.69, 9.17) is 15.0 Å². The Morgan fingerprint density at radius 2 is 2.64 bits per heavy atom. The first-order chi connectivity index (χ1) is 6.90. The zero-order valence-electron chi connectivity index (χ0n) is 7.33. The minimum absolute atomic E-state index is 0.242. The van der Waals surface area contributed by atoms with Crippen molar-refractivity contribution in [3.63, 3.8) is 0 Å². The summed E-state index contributed by atoms with van der Waals surface area (Å²) in [5, 5.41) is 3.42. The van der Waals surface area contributed by atoms with Crippen LogP contribution in [0.5, 0.6) is 11.6 Å². The molecule has 0 unspecified atom stereocenters. The molecule has 0 spiro atoms. The van der Waals surface area contributed by atoms with Gasteiger partial charge in [-0.1, -0.05) is 5.11 Å². The summed E-state index contributed by atoms with van der Waals surface area (Å²) in [5.74, 6) is 1.08. The summed E-state index contributed by atoms with van der Waals surface area (Å²) in [5.41, 5.74) is 8.14. The minimum Gasteiger partial charge on any atom is -0.484 e. The van der Waals surface area contributed by atoms with Crippen LogP contribution in [0.3, 0.4) is 0 Å². The summed E-state index contributed by atoms with van der Waals surface area (Å²) in [6, 6.07) is 3.56. The lowest BCUT2D eigenvalue weighted by atomic mass is 10.3. The van der Waals surface area contributed by atoms with Crippen LogP contribution in [0.15, 0.2) is 23.4 Å². The lowest BCUT2D eigenvalue weighted by Gasteiger charge is -2.23. The molecule has 14 heavy (non-hydrogen) atoms. The van der Waals surface area contributed by atoms with E-state index in [2.05, 4.69) is 15.0 Å². The molecule has 0 aliphatic carbocycles. The minimum atomic E-state index is -0.242. The maximum Gasteiger partial charge on any atom is 0.257 e. The molecule has 1 atom stereocenters. The number of hydrogen-bond donors (Lipinski definition) is 0. The van der Waals surface area contributed by atoms with Gasteiger partial charge >= 0.3 is 0 Å². The fraction of sp³-hybridized carbons (Fsp3) is 0.375. The third-order valence-corrected chi connectivity index (χ3v) is 1.79. The van der Waals surface area contributed by atoms with Gasteiger partial charge in [-0.25, -0.2) is 4.98 Å². The number of azide groups is 1. The maximum absolute atomic E-state index is 8.14. The van der Waals surface area contributed by atoms with Gasteiger partial charge in [0.2, 0.25) is 0 Å². The lowest BCUT2D eigenvalue weighted by Crippen LogP contribution is -2.31. The normalized spacial score (nSPS) is 18.4. The topological polar surface area (TPSA) is 80.1 Å². The molecule has 6 heteroatoms. The van der Waals surface area contributed by atoms with E-state index in [1.54, 1.807) is 18.3 Å². The van der Waals surface area contributed by atoms with E-state index in [9.17, 15) is 0 Å². The summed E-state index contributed by atoms with van der Waals surface area (Å²) in [4.78, 5) is 6.65. The molecule has 1 aliphatic rings. The number of hydrogen-bond acceptors (Lipinski definition) is 4. The van der Waals surface area contributed by atoms with Gasteiger partial charge in [0.05, 0.1) is 6.54 Å². The van der Waals surface area contributed by atoms with Crippen molar-refractivity contribution in [3.8, 4) is 11.6 Å². The van der Waals surface area contributed by atoms with Crippen LogP contribution < -0.4 is 9.47 Å². The van der Waals surface area contributed by atoms with E-state index in [1.807, 2.05) is 0 Å². The van der Waals surface area contributed by atoms with Gasteiger partial charge in [0.1, 0.15) is 12.7 Å². The van der Waals surface area contributed by atoms with Gasteiger partial charge in [-0.05, 0) is 17.7 Å². The number of fused-ring (bicyclic) bond motifs is 1. The average molecular weight is 192 g/mol. The van der Waals surface area contributed by atoms with Gasteiger partial charge in [0, 0.05) is 11.1 Å². The zero-order chi connectivity index (χ0) is 9.80. The second-order valence-corrected chi connectivity index (χ2v) is 2.77. The molecule has 0 saturated heterocycles. The van der Waals surface area contributed by atoms with E-state index in [1.165, 1.54) is 0 Å². The molecule has 0 radical (unpaired) electrons. The van der Waals surface area contributed by atoms with Gasteiger partial charge in [0.25, 0.3) is 5.88 Å². The van der Waals surface area contributed by atoms with Gasteiger partial charge in [-0.2, -0.15) is 0 Å². The fourth-order valence-corrected chi connectivity index (χ4v) is 1.17. The van der Waals surface area contributed by atoms with Crippen LogP contribution in [0, 0.1) is 0 Å². The predicted octanol–water partition coefficient (Wildman–Crippen LogP) is 1.53. The van der Waals surface area contributed by atoms with E-state index in [-0.39, 0.29) is 12.6 Å². The average Bonchev–Trinajstić information content (AvgIpc) is 2.26. The SMILES string of the molecule is [N-]=[N+]=NC[C@H]1COc2cccnc2O1. The van der Waals surface area contributed by atoms with E-state index < -0.39 is 0 Å². The highest BCUT2D eigenvalue weighted by Gasteiger charge is 2.20. The number of ether oxygens (including phenoxy) is 2. The Kier molecular flexibility index (Phi) is 2.38. The van der Waals surface area contributed by atoms with Gasteiger partial charge < -0.3 is 9.47 Å². The molecule has 1 aromatic heterocycles. The molecule has 0 fully saturated rings. The first-order valence-electron chi connectivity index (χ1n) is 4.15. The fourth-order valence-electron chi connectivity index (χ4n) is 1.17. The first-order valence-corrected chi connectivity index (χ1v) is 4.15. The number of rotatable bonds is 2. The molecule has 2 heterocycles. The largest absolute Gasteiger partial charge is 0.484 e. The molecule has 2 rings (SSSR count). The van der Waals surface area contributed by atoms with E-state index in [0.29, 0.717) is 18.2 Å². The third kappa shape index (κ3) is 1.70. The van der Waals surface area contributed by atoms with Gasteiger partial charge in [-0.3, -0.25) is 0 Å². The summed E-state index contributed by atoms with van der Waals surface area (Å²) < 4.78 is 10.8. The first kappa shape index (κ1) is 8.65. The number of nitrogens with zero attached hydrogens (tertiary/aromatic N) is 4. The van der Waals surface area contributed by atoms with Gasteiger partial charge in [0.15, 0.2) is 5.75 Å². The Morgan fingerprint density at radius 3 is 3.50 bits per heavy atom. The van der Waals surface area contributed by atoms with Crippen molar-refractivity contribution in [2.75, 3.05) is 13.2 Å². The third-order valence-electron chi connectivity index (χ3n) is 1.79. The van der Waals surface area contributed by atoms with E-state index in [0.717, 1.165) is 0 Å². The van der Waals surface area contributed by atoms with Crippen LogP contribution >= 0.6 is 0 Å². The van der Waals surface area contributed by atoms with Crippen LogP contribution in [0.4, 0.5) is 0 Å².